The molecule has 0 atom stereocenters. The standard InChI is InChI=1S/C11H21NO2/c1-4-10(11(13)14)6-8-12-7-5-9(2)3/h6,9,12H,4-5,7-8H2,1-3H3,(H,13,14). The third-order valence-electron chi connectivity index (χ3n) is 2.05. The molecule has 0 aromatic carbocycles. The Bertz CT molecular complexity index is 197. The molecule has 0 spiro atoms. The highest BCUT2D eigenvalue weighted by Gasteiger charge is 2.02. The average molecular weight is 199 g/mol. The van der Waals surface area contributed by atoms with E-state index in [2.05, 4.69) is 19.2 Å². The van der Waals surface area contributed by atoms with Gasteiger partial charge in [-0.2, -0.15) is 0 Å². The molecule has 0 saturated carbocycles. The molecule has 0 amide bonds. The van der Waals surface area contributed by atoms with Gasteiger partial charge in [0.1, 0.15) is 0 Å². The first-order chi connectivity index (χ1) is 6.57. The monoisotopic (exact) mass is 199 g/mol. The van der Waals surface area contributed by atoms with Crippen molar-refractivity contribution in [3.63, 3.8) is 0 Å². The van der Waals surface area contributed by atoms with Gasteiger partial charge in [0, 0.05) is 12.1 Å². The number of hydrogen-bond acceptors (Lipinski definition) is 2. The van der Waals surface area contributed by atoms with Gasteiger partial charge in [0.05, 0.1) is 0 Å². The molecule has 2 N–H and O–H groups in total. The molecule has 82 valence electrons. The lowest BCUT2D eigenvalue weighted by atomic mass is 10.1. The topological polar surface area (TPSA) is 49.3 Å². The first kappa shape index (κ1) is 13.2. The van der Waals surface area contributed by atoms with Crippen molar-refractivity contribution in [2.75, 3.05) is 13.1 Å². The molecule has 0 fully saturated rings. The van der Waals surface area contributed by atoms with Gasteiger partial charge in [-0.15, -0.1) is 0 Å². The summed E-state index contributed by atoms with van der Waals surface area (Å²) >= 11 is 0. The zero-order valence-electron chi connectivity index (χ0n) is 9.34. The Morgan fingerprint density at radius 2 is 2.14 bits per heavy atom. The fourth-order valence-corrected chi connectivity index (χ4v) is 1.07. The predicted octanol–water partition coefficient (Wildman–Crippen LogP) is 2.04. The van der Waals surface area contributed by atoms with E-state index in [1.54, 1.807) is 6.08 Å². The Kier molecular flexibility index (Phi) is 7.11. The van der Waals surface area contributed by atoms with Crippen LogP contribution in [0.5, 0.6) is 0 Å². The minimum atomic E-state index is -0.807. The summed E-state index contributed by atoms with van der Waals surface area (Å²) in [5.41, 5.74) is 0.488. The van der Waals surface area contributed by atoms with Gasteiger partial charge >= 0.3 is 5.97 Å². The molecule has 0 aromatic heterocycles. The fraction of sp³-hybridized carbons (Fsp3) is 0.727. The van der Waals surface area contributed by atoms with Crippen molar-refractivity contribution in [1.82, 2.24) is 5.32 Å². The number of hydrogen-bond donors (Lipinski definition) is 2. The number of aliphatic carboxylic acids is 1. The second kappa shape index (κ2) is 7.56. The highest BCUT2D eigenvalue weighted by Crippen LogP contribution is 1.99. The molecule has 0 radical (unpaired) electrons. The van der Waals surface area contributed by atoms with Crippen LogP contribution < -0.4 is 5.32 Å². The second-order valence-electron chi connectivity index (χ2n) is 3.77. The van der Waals surface area contributed by atoms with E-state index in [0.717, 1.165) is 13.0 Å². The Hall–Kier alpha value is -0.830. The predicted molar refractivity (Wildman–Crippen MR) is 58.3 cm³/mol. The van der Waals surface area contributed by atoms with E-state index in [0.29, 0.717) is 24.5 Å². The molecule has 0 saturated heterocycles. The van der Waals surface area contributed by atoms with Crippen molar-refractivity contribution in [2.45, 2.75) is 33.6 Å². The van der Waals surface area contributed by atoms with E-state index in [1.165, 1.54) is 0 Å². The van der Waals surface area contributed by atoms with Crippen LogP contribution in [0.4, 0.5) is 0 Å². The average Bonchev–Trinajstić information content (AvgIpc) is 2.10. The van der Waals surface area contributed by atoms with Crippen LogP contribution in [-0.2, 0) is 4.79 Å². The molecule has 3 nitrogen and oxygen atoms in total. The Balaban J connectivity index is 3.64. The molecule has 0 aliphatic heterocycles. The van der Waals surface area contributed by atoms with E-state index < -0.39 is 5.97 Å². The summed E-state index contributed by atoms with van der Waals surface area (Å²) in [6.07, 6.45) is 3.46. The smallest absolute Gasteiger partial charge is 0.331 e. The third-order valence-corrected chi connectivity index (χ3v) is 2.05. The maximum atomic E-state index is 10.6. The number of rotatable bonds is 7. The second-order valence-corrected chi connectivity index (χ2v) is 3.77. The highest BCUT2D eigenvalue weighted by molar-refractivity contribution is 5.86. The van der Waals surface area contributed by atoms with Crippen LogP contribution in [0.15, 0.2) is 11.6 Å². The molecule has 0 unspecified atom stereocenters. The number of nitrogens with one attached hydrogen (secondary N) is 1. The van der Waals surface area contributed by atoms with Crippen molar-refractivity contribution in [2.24, 2.45) is 5.92 Å². The van der Waals surface area contributed by atoms with Crippen LogP contribution in [0.2, 0.25) is 0 Å². The van der Waals surface area contributed by atoms with Crippen LogP contribution in [-0.4, -0.2) is 24.2 Å². The first-order valence-electron chi connectivity index (χ1n) is 5.21. The largest absolute Gasteiger partial charge is 0.478 e. The molecular weight excluding hydrogens is 178 g/mol. The van der Waals surface area contributed by atoms with Gasteiger partial charge in [-0.1, -0.05) is 26.8 Å². The number of carboxylic acids is 1. The van der Waals surface area contributed by atoms with Gasteiger partial charge in [0.2, 0.25) is 0 Å². The molecule has 0 aromatic rings. The summed E-state index contributed by atoms with van der Waals surface area (Å²) in [4.78, 5) is 10.6. The van der Waals surface area contributed by atoms with Gasteiger partial charge in [-0.3, -0.25) is 0 Å². The van der Waals surface area contributed by atoms with E-state index in [1.807, 2.05) is 6.92 Å². The normalized spacial score (nSPS) is 12.1. The third kappa shape index (κ3) is 6.66. The fourth-order valence-electron chi connectivity index (χ4n) is 1.07. The molecule has 0 bridgehead atoms. The summed E-state index contributed by atoms with van der Waals surface area (Å²) < 4.78 is 0. The minimum Gasteiger partial charge on any atom is -0.478 e. The molecule has 3 heteroatoms. The van der Waals surface area contributed by atoms with Crippen molar-refractivity contribution < 1.29 is 9.90 Å². The maximum absolute atomic E-state index is 10.6. The lowest BCUT2D eigenvalue weighted by molar-refractivity contribution is -0.132. The molecule has 0 heterocycles. The molecule has 0 rings (SSSR count). The molecule has 0 aliphatic carbocycles. The Morgan fingerprint density at radius 1 is 1.50 bits per heavy atom. The minimum absolute atomic E-state index is 0.488. The van der Waals surface area contributed by atoms with Gasteiger partial charge in [-0.25, -0.2) is 4.79 Å². The SMILES string of the molecule is CCC(=CCNCCC(C)C)C(=O)O. The van der Waals surface area contributed by atoms with Crippen LogP contribution >= 0.6 is 0 Å². The zero-order chi connectivity index (χ0) is 11.0. The summed E-state index contributed by atoms with van der Waals surface area (Å²) in [7, 11) is 0. The van der Waals surface area contributed by atoms with Crippen molar-refractivity contribution in [3.8, 4) is 0 Å². The lowest BCUT2D eigenvalue weighted by Crippen LogP contribution is -2.17. The van der Waals surface area contributed by atoms with Crippen molar-refractivity contribution in [1.29, 1.82) is 0 Å². The number of carbonyl (C=O) groups is 1. The van der Waals surface area contributed by atoms with Crippen molar-refractivity contribution >= 4 is 5.97 Å². The number of carboxylic acid groups (broad SMARTS) is 1. The van der Waals surface area contributed by atoms with Gasteiger partial charge in [-0.05, 0) is 25.3 Å². The van der Waals surface area contributed by atoms with Crippen LogP contribution in [0, 0.1) is 5.92 Å². The summed E-state index contributed by atoms with van der Waals surface area (Å²) in [5, 5.41) is 11.9. The Morgan fingerprint density at radius 3 is 2.57 bits per heavy atom. The van der Waals surface area contributed by atoms with Crippen LogP contribution in [0.3, 0.4) is 0 Å². The molecular formula is C11H21NO2. The van der Waals surface area contributed by atoms with E-state index >= 15 is 0 Å². The van der Waals surface area contributed by atoms with Gasteiger partial charge < -0.3 is 10.4 Å². The Labute approximate surface area is 86.2 Å². The summed E-state index contributed by atoms with van der Waals surface area (Å²) in [6, 6.07) is 0. The van der Waals surface area contributed by atoms with E-state index in [9.17, 15) is 4.79 Å². The van der Waals surface area contributed by atoms with Gasteiger partial charge in [0.25, 0.3) is 0 Å². The van der Waals surface area contributed by atoms with E-state index in [4.69, 9.17) is 5.11 Å². The quantitative estimate of drug-likeness (QED) is 0.487. The lowest BCUT2D eigenvalue weighted by Gasteiger charge is -2.04. The maximum Gasteiger partial charge on any atom is 0.331 e. The summed E-state index contributed by atoms with van der Waals surface area (Å²) in [6.45, 7) is 7.81. The van der Waals surface area contributed by atoms with Crippen molar-refractivity contribution in [3.05, 3.63) is 11.6 Å². The first-order valence-corrected chi connectivity index (χ1v) is 5.21. The van der Waals surface area contributed by atoms with Crippen LogP contribution in [0.25, 0.3) is 0 Å². The zero-order valence-corrected chi connectivity index (χ0v) is 9.34. The summed E-state index contributed by atoms with van der Waals surface area (Å²) in [5.74, 6) is -0.116. The van der Waals surface area contributed by atoms with Gasteiger partial charge in [0.15, 0.2) is 0 Å². The molecule has 14 heavy (non-hydrogen) atoms. The highest BCUT2D eigenvalue weighted by atomic mass is 16.4. The van der Waals surface area contributed by atoms with Crippen LogP contribution in [0.1, 0.15) is 33.6 Å². The van der Waals surface area contributed by atoms with E-state index in [-0.39, 0.29) is 0 Å². The molecule has 0 aliphatic rings.